The molecule has 1 aromatic heterocycles. The predicted molar refractivity (Wildman–Crippen MR) is 84.1 cm³/mol. The minimum atomic E-state index is -3.91. The van der Waals surface area contributed by atoms with Crippen LogP contribution in [-0.4, -0.2) is 23.2 Å². The van der Waals surface area contributed by atoms with E-state index in [1.54, 1.807) is 4.57 Å². The van der Waals surface area contributed by atoms with Crippen LogP contribution in [0.3, 0.4) is 0 Å². The molecule has 0 aliphatic rings. The monoisotopic (exact) mass is 372 g/mol. The van der Waals surface area contributed by atoms with Gasteiger partial charge in [-0.15, -0.1) is 10.2 Å². The zero-order chi connectivity index (χ0) is 15.8. The molecule has 0 aliphatic carbocycles. The third-order valence-corrected chi connectivity index (χ3v) is 4.26. The number of rotatable bonds is 4. The lowest BCUT2D eigenvalue weighted by Crippen LogP contribution is -2.20. The number of halogens is 1. The second kappa shape index (κ2) is 5.86. The topological polar surface area (TPSA) is 90.9 Å². The SMILES string of the molecule is Cc1ccc(Br)cc1-c1nnc(S(N)(=O)=O)n1CC(C)C. The average molecular weight is 373 g/mol. The number of sulfonamides is 1. The highest BCUT2D eigenvalue weighted by Crippen LogP contribution is 2.27. The van der Waals surface area contributed by atoms with Crippen LogP contribution in [0.2, 0.25) is 0 Å². The van der Waals surface area contributed by atoms with Crippen LogP contribution in [0.15, 0.2) is 27.8 Å². The molecule has 0 fully saturated rings. The molecule has 6 nitrogen and oxygen atoms in total. The standard InChI is InChI=1S/C13H17BrN4O2S/c1-8(2)7-18-12(16-17-13(18)21(15,19)20)11-6-10(14)5-4-9(11)3/h4-6,8H,7H2,1-3H3,(H2,15,19,20). The zero-order valence-electron chi connectivity index (χ0n) is 12.0. The smallest absolute Gasteiger partial charge is 0.273 e. The number of benzene rings is 1. The molecule has 114 valence electrons. The maximum Gasteiger partial charge on any atom is 0.273 e. The van der Waals surface area contributed by atoms with Gasteiger partial charge in [0.25, 0.3) is 15.2 Å². The van der Waals surface area contributed by atoms with Crippen molar-refractivity contribution in [3.8, 4) is 11.4 Å². The lowest BCUT2D eigenvalue weighted by molar-refractivity contribution is 0.486. The molecule has 0 aliphatic heterocycles. The van der Waals surface area contributed by atoms with Crippen molar-refractivity contribution >= 4 is 26.0 Å². The van der Waals surface area contributed by atoms with Gasteiger partial charge in [0.1, 0.15) is 0 Å². The van der Waals surface area contributed by atoms with E-state index in [1.807, 2.05) is 39.0 Å². The van der Waals surface area contributed by atoms with Crippen molar-refractivity contribution in [1.29, 1.82) is 0 Å². The predicted octanol–water partition coefficient (Wildman–Crippen LogP) is 2.32. The molecule has 21 heavy (non-hydrogen) atoms. The highest BCUT2D eigenvalue weighted by atomic mass is 79.9. The number of nitrogens with two attached hydrogens (primary N) is 1. The molecule has 0 saturated carbocycles. The fourth-order valence-corrected chi connectivity index (χ4v) is 3.05. The van der Waals surface area contributed by atoms with Crippen LogP contribution in [0.4, 0.5) is 0 Å². The van der Waals surface area contributed by atoms with Crippen LogP contribution in [0.25, 0.3) is 11.4 Å². The molecule has 0 atom stereocenters. The van der Waals surface area contributed by atoms with Crippen LogP contribution in [0.1, 0.15) is 19.4 Å². The van der Waals surface area contributed by atoms with Crippen molar-refractivity contribution in [3.63, 3.8) is 0 Å². The Labute approximate surface area is 132 Å². The molecule has 0 unspecified atom stereocenters. The van der Waals surface area contributed by atoms with E-state index in [1.165, 1.54) is 0 Å². The van der Waals surface area contributed by atoms with Crippen molar-refractivity contribution in [3.05, 3.63) is 28.2 Å². The Morgan fingerprint density at radius 1 is 1.33 bits per heavy atom. The number of primary sulfonamides is 1. The summed E-state index contributed by atoms with van der Waals surface area (Å²) in [5, 5.41) is 12.8. The van der Waals surface area contributed by atoms with Gasteiger partial charge in [-0.25, -0.2) is 13.6 Å². The molecule has 1 aromatic carbocycles. The zero-order valence-corrected chi connectivity index (χ0v) is 14.4. The summed E-state index contributed by atoms with van der Waals surface area (Å²) in [5.41, 5.74) is 1.81. The first kappa shape index (κ1) is 16.1. The van der Waals surface area contributed by atoms with E-state index in [4.69, 9.17) is 5.14 Å². The number of hydrogen-bond acceptors (Lipinski definition) is 4. The van der Waals surface area contributed by atoms with Gasteiger partial charge in [0.05, 0.1) is 0 Å². The summed E-state index contributed by atoms with van der Waals surface area (Å²) in [7, 11) is -3.91. The van der Waals surface area contributed by atoms with Crippen LogP contribution in [0, 0.1) is 12.8 Å². The molecule has 0 bridgehead atoms. The molecular formula is C13H17BrN4O2S. The Hall–Kier alpha value is -1.25. The van der Waals surface area contributed by atoms with E-state index < -0.39 is 10.0 Å². The van der Waals surface area contributed by atoms with Gasteiger partial charge in [-0.1, -0.05) is 35.8 Å². The van der Waals surface area contributed by atoms with Gasteiger partial charge in [-0.05, 0) is 30.5 Å². The number of nitrogens with zero attached hydrogens (tertiary/aromatic N) is 3. The summed E-state index contributed by atoms with van der Waals surface area (Å²) < 4.78 is 25.8. The fourth-order valence-electron chi connectivity index (χ4n) is 2.06. The van der Waals surface area contributed by atoms with Crippen LogP contribution in [-0.2, 0) is 16.6 Å². The summed E-state index contributed by atoms with van der Waals surface area (Å²) in [6, 6.07) is 5.75. The van der Waals surface area contributed by atoms with Crippen molar-refractivity contribution in [2.24, 2.45) is 11.1 Å². The lowest BCUT2D eigenvalue weighted by atomic mass is 10.1. The van der Waals surface area contributed by atoms with Gasteiger partial charge < -0.3 is 0 Å². The van der Waals surface area contributed by atoms with Gasteiger partial charge in [0.15, 0.2) is 5.82 Å². The summed E-state index contributed by atoms with van der Waals surface area (Å²) in [4.78, 5) is 0. The first-order valence-corrected chi connectivity index (χ1v) is 8.76. The van der Waals surface area contributed by atoms with Crippen molar-refractivity contribution in [2.45, 2.75) is 32.5 Å². The van der Waals surface area contributed by atoms with Gasteiger partial charge in [0.2, 0.25) is 0 Å². The van der Waals surface area contributed by atoms with E-state index in [-0.39, 0.29) is 11.1 Å². The highest BCUT2D eigenvalue weighted by molar-refractivity contribution is 9.10. The van der Waals surface area contributed by atoms with Crippen molar-refractivity contribution in [2.75, 3.05) is 0 Å². The number of aromatic nitrogens is 3. The summed E-state index contributed by atoms with van der Waals surface area (Å²) in [6.45, 7) is 6.39. The van der Waals surface area contributed by atoms with E-state index in [0.29, 0.717) is 12.4 Å². The summed E-state index contributed by atoms with van der Waals surface area (Å²) in [5.74, 6) is 0.735. The minimum absolute atomic E-state index is 0.203. The second-order valence-corrected chi connectivity index (χ2v) is 7.69. The Kier molecular flexibility index (Phi) is 4.50. The summed E-state index contributed by atoms with van der Waals surface area (Å²) in [6.07, 6.45) is 0. The largest absolute Gasteiger partial charge is 0.296 e. The van der Waals surface area contributed by atoms with E-state index >= 15 is 0 Å². The van der Waals surface area contributed by atoms with Gasteiger partial charge in [-0.3, -0.25) is 4.57 Å². The maximum atomic E-state index is 11.7. The minimum Gasteiger partial charge on any atom is -0.296 e. The third kappa shape index (κ3) is 3.50. The quantitative estimate of drug-likeness (QED) is 0.891. The Morgan fingerprint density at radius 3 is 2.57 bits per heavy atom. The second-order valence-electron chi connectivity index (χ2n) is 5.31. The number of hydrogen-bond donors (Lipinski definition) is 1. The molecule has 2 N–H and O–H groups in total. The van der Waals surface area contributed by atoms with Gasteiger partial charge >= 0.3 is 0 Å². The fraction of sp³-hybridized carbons (Fsp3) is 0.385. The molecule has 1 heterocycles. The third-order valence-electron chi connectivity index (χ3n) is 2.96. The Bertz CT molecular complexity index is 768. The maximum absolute atomic E-state index is 11.7. The normalized spacial score (nSPS) is 12.1. The van der Waals surface area contributed by atoms with Crippen molar-refractivity contribution < 1.29 is 8.42 Å². The molecule has 0 radical (unpaired) electrons. The Morgan fingerprint density at radius 2 is 2.00 bits per heavy atom. The highest BCUT2D eigenvalue weighted by Gasteiger charge is 2.23. The molecular weight excluding hydrogens is 356 g/mol. The van der Waals surface area contributed by atoms with E-state index in [9.17, 15) is 8.42 Å². The van der Waals surface area contributed by atoms with E-state index in [0.717, 1.165) is 15.6 Å². The van der Waals surface area contributed by atoms with Crippen LogP contribution < -0.4 is 5.14 Å². The molecule has 2 rings (SSSR count). The molecule has 0 amide bonds. The Balaban J connectivity index is 2.69. The van der Waals surface area contributed by atoms with Crippen molar-refractivity contribution in [1.82, 2.24) is 14.8 Å². The molecule has 2 aromatic rings. The first-order chi connectivity index (χ1) is 9.70. The van der Waals surface area contributed by atoms with Crippen LogP contribution >= 0.6 is 15.9 Å². The van der Waals surface area contributed by atoms with Gasteiger partial charge in [-0.2, -0.15) is 0 Å². The molecule has 0 spiro atoms. The average Bonchev–Trinajstić information content (AvgIpc) is 2.74. The molecule has 8 heteroatoms. The lowest BCUT2D eigenvalue weighted by Gasteiger charge is -2.13. The van der Waals surface area contributed by atoms with E-state index in [2.05, 4.69) is 26.1 Å². The van der Waals surface area contributed by atoms with Crippen LogP contribution in [0.5, 0.6) is 0 Å². The summed E-state index contributed by atoms with van der Waals surface area (Å²) >= 11 is 3.41. The number of aryl methyl sites for hydroxylation is 1. The molecule has 0 saturated heterocycles. The first-order valence-electron chi connectivity index (χ1n) is 6.42. The van der Waals surface area contributed by atoms with Gasteiger partial charge in [0, 0.05) is 16.6 Å².